The lowest BCUT2D eigenvalue weighted by atomic mass is 9.92. The number of carbonyl (C=O) groups is 5. The number of carbonyl (C=O) groups excluding carboxylic acids is 5. The molecule has 1 saturated heterocycles. The smallest absolute Gasteiger partial charge is 0.408 e. The molecule has 57 heavy (non-hydrogen) atoms. The van der Waals surface area contributed by atoms with Crippen molar-refractivity contribution in [1.82, 2.24) is 25.4 Å². The molecule has 8 N–H and O–H groups in total. The average molecular weight is 812 g/mol. The largest absolute Gasteiger partial charge is 0.497 e. The van der Waals surface area contributed by atoms with E-state index in [0.717, 1.165) is 10.7 Å². The van der Waals surface area contributed by atoms with Gasteiger partial charge in [0, 0.05) is 49.3 Å². The minimum Gasteiger partial charge on any atom is -0.497 e. The molecule has 3 aliphatic rings. The van der Waals surface area contributed by atoms with Crippen LogP contribution in [0.25, 0.3) is 0 Å². The van der Waals surface area contributed by atoms with Crippen molar-refractivity contribution < 1.29 is 42.2 Å². The van der Waals surface area contributed by atoms with Crippen molar-refractivity contribution in [3.8, 4) is 17.7 Å². The van der Waals surface area contributed by atoms with Crippen LogP contribution in [0.15, 0.2) is 53.7 Å². The van der Waals surface area contributed by atoms with Crippen molar-refractivity contribution in [2.75, 3.05) is 13.7 Å². The minimum atomic E-state index is -3.71. The standard InChI is InChI=1S/C39H54N8O9S/c1-9-27-22-39(27,35(51)45-57(53,54)30-15-16-30)43-34(50)38(7)21-25(18-19-47(41)44-32(40)26-10-13-29(55-8)14-11-26)23-46(38)33(49)31(17-12-28(48)20-24(2)3)42-36(52)56-37(4,5)6/h9-11,13-14,20,25,27,30-31H,1,12,15-17,21-23,41H2,2-8H3,(H5-,40,42,43,44,45,50,51,52,53,54)/p+1/t25?,27-,31?,38?,39?/m0/s1. The van der Waals surface area contributed by atoms with Gasteiger partial charge < -0.3 is 30.7 Å². The van der Waals surface area contributed by atoms with E-state index in [1.807, 2.05) is 0 Å². The van der Waals surface area contributed by atoms with Crippen LogP contribution < -0.4 is 31.7 Å². The molecule has 0 radical (unpaired) electrons. The topological polar surface area (TPSA) is 248 Å². The SMILES string of the molecule is C=C[C@H]1CC1(NC(=O)C1(C)CC(C#CN(N)/N=C(\N)c2ccc(OC)cc2)CN1C(=O)C(CCC(=O)C=C(C)C)NC(=O)OC(C)(C)C)C(=O)N[S+](=O)(O)C1CC1. The van der Waals surface area contributed by atoms with Crippen molar-refractivity contribution in [2.24, 2.45) is 28.5 Å². The zero-order chi connectivity index (χ0) is 42.5. The molecule has 2 saturated carbocycles. The van der Waals surface area contributed by atoms with Crippen molar-refractivity contribution in [3.63, 3.8) is 0 Å². The number of hydrazine groups is 1. The molecular formula is C39H55N8O9S+. The maximum atomic E-state index is 14.6. The Bertz CT molecular complexity index is 1930. The molecule has 0 aromatic heterocycles. The van der Waals surface area contributed by atoms with Crippen LogP contribution in [0.3, 0.4) is 0 Å². The summed E-state index contributed by atoms with van der Waals surface area (Å²) in [4.78, 5) is 69.7. The molecule has 1 aromatic carbocycles. The molecule has 0 spiro atoms. The molecule has 310 valence electrons. The Kier molecular flexibility index (Phi) is 13.6. The van der Waals surface area contributed by atoms with Crippen LogP contribution in [0.2, 0.25) is 0 Å². The molecule has 1 aromatic rings. The lowest BCUT2D eigenvalue weighted by molar-refractivity contribution is -0.146. The fourth-order valence-corrected chi connectivity index (χ4v) is 7.87. The van der Waals surface area contributed by atoms with Crippen LogP contribution in [0.4, 0.5) is 4.79 Å². The van der Waals surface area contributed by atoms with Crippen LogP contribution in [0.5, 0.6) is 5.75 Å². The first-order chi connectivity index (χ1) is 26.5. The van der Waals surface area contributed by atoms with Crippen LogP contribution in [-0.4, -0.2) is 91.6 Å². The second-order valence-electron chi connectivity index (χ2n) is 16.0. The summed E-state index contributed by atoms with van der Waals surface area (Å²) in [7, 11) is -2.18. The van der Waals surface area contributed by atoms with Gasteiger partial charge in [0.05, 0.1) is 7.11 Å². The first-order valence-corrected chi connectivity index (χ1v) is 20.2. The lowest BCUT2D eigenvalue weighted by Gasteiger charge is -2.37. The number of hydrazone groups is 1. The highest BCUT2D eigenvalue weighted by Gasteiger charge is 2.65. The quantitative estimate of drug-likeness (QED) is 0.0172. The Labute approximate surface area is 334 Å². The number of methoxy groups -OCH3 is 1. The Morgan fingerprint density at radius 3 is 2.35 bits per heavy atom. The van der Waals surface area contributed by atoms with E-state index in [9.17, 15) is 32.7 Å². The number of hydrogen-bond donors (Lipinski definition) is 6. The summed E-state index contributed by atoms with van der Waals surface area (Å²) in [6.45, 7) is 13.6. The van der Waals surface area contributed by atoms with Gasteiger partial charge in [0.2, 0.25) is 11.8 Å². The van der Waals surface area contributed by atoms with Gasteiger partial charge in [0.1, 0.15) is 28.5 Å². The third-order valence-corrected chi connectivity index (χ3v) is 11.6. The number of likely N-dealkylation sites (tertiary alicyclic amines) is 1. The zero-order valence-electron chi connectivity index (χ0n) is 33.5. The summed E-state index contributed by atoms with van der Waals surface area (Å²) >= 11 is 0. The minimum absolute atomic E-state index is 0.0545. The number of nitrogens with zero attached hydrogens (tertiary/aromatic N) is 3. The molecule has 2 aliphatic carbocycles. The van der Waals surface area contributed by atoms with E-state index in [0.29, 0.717) is 24.2 Å². The van der Waals surface area contributed by atoms with Crippen LogP contribution in [-0.2, 0) is 38.5 Å². The van der Waals surface area contributed by atoms with Crippen molar-refractivity contribution in [2.45, 2.75) is 108 Å². The third-order valence-electron chi connectivity index (χ3n) is 9.76. The molecule has 0 bridgehead atoms. The number of hydrogen-bond acceptors (Lipinski definition) is 11. The molecule has 5 unspecified atom stereocenters. The molecule has 17 nitrogen and oxygen atoms in total. The van der Waals surface area contributed by atoms with E-state index in [1.54, 1.807) is 58.9 Å². The normalized spacial score (nSPS) is 24.3. The van der Waals surface area contributed by atoms with Crippen molar-refractivity contribution in [1.29, 1.82) is 0 Å². The summed E-state index contributed by atoms with van der Waals surface area (Å²) in [5.74, 6) is 5.86. The Hall–Kier alpha value is -5.25. The van der Waals surface area contributed by atoms with E-state index < -0.39 is 74.0 Å². The van der Waals surface area contributed by atoms with Gasteiger partial charge in [-0.15, -0.1) is 16.4 Å². The number of amides is 4. The number of nitrogens with two attached hydrogens (primary N) is 2. The van der Waals surface area contributed by atoms with E-state index in [1.165, 1.54) is 31.1 Å². The van der Waals surface area contributed by atoms with Gasteiger partial charge in [-0.3, -0.25) is 19.2 Å². The fourth-order valence-electron chi connectivity index (χ4n) is 6.48. The van der Waals surface area contributed by atoms with E-state index in [-0.39, 0.29) is 43.8 Å². The monoisotopic (exact) mass is 811 g/mol. The number of rotatable bonds is 15. The highest BCUT2D eigenvalue weighted by Crippen LogP contribution is 2.47. The maximum Gasteiger partial charge on any atom is 0.408 e. The third kappa shape index (κ3) is 11.4. The van der Waals surface area contributed by atoms with Crippen LogP contribution in [0.1, 0.15) is 85.6 Å². The zero-order valence-corrected chi connectivity index (χ0v) is 34.4. The number of ether oxygens (including phenoxy) is 2. The highest BCUT2D eigenvalue weighted by atomic mass is 32.3. The van der Waals surface area contributed by atoms with Gasteiger partial charge in [-0.1, -0.05) is 17.6 Å². The van der Waals surface area contributed by atoms with Crippen molar-refractivity contribution in [3.05, 3.63) is 54.1 Å². The summed E-state index contributed by atoms with van der Waals surface area (Å²) in [5, 5.41) is 9.72. The number of nitrogens with one attached hydrogen (secondary N) is 3. The molecule has 1 heterocycles. The summed E-state index contributed by atoms with van der Waals surface area (Å²) < 4.78 is 36.2. The Balaban J connectivity index is 1.67. The van der Waals surface area contributed by atoms with Crippen LogP contribution >= 0.6 is 0 Å². The van der Waals surface area contributed by atoms with Gasteiger partial charge >= 0.3 is 16.5 Å². The molecule has 3 fully saturated rings. The number of alkyl carbamates (subject to hydrolysis) is 1. The summed E-state index contributed by atoms with van der Waals surface area (Å²) in [6.07, 6.45) is 2.76. The van der Waals surface area contributed by atoms with Gasteiger partial charge in [0.25, 0.3) is 5.91 Å². The second-order valence-corrected chi connectivity index (χ2v) is 18.0. The number of allylic oxidation sites excluding steroid dienone is 2. The molecule has 4 amide bonds. The van der Waals surface area contributed by atoms with Gasteiger partial charge in [-0.05, 0) is 95.4 Å². The predicted octanol–water partition coefficient (Wildman–Crippen LogP) is 2.50. The number of ketones is 1. The predicted molar refractivity (Wildman–Crippen MR) is 214 cm³/mol. The van der Waals surface area contributed by atoms with E-state index in [4.69, 9.17) is 21.1 Å². The maximum absolute atomic E-state index is 14.6. The van der Waals surface area contributed by atoms with Gasteiger partial charge in [0.15, 0.2) is 16.9 Å². The molecule has 4 rings (SSSR count). The molecule has 18 heteroatoms. The Morgan fingerprint density at radius 1 is 1.16 bits per heavy atom. The van der Waals surface area contributed by atoms with Gasteiger partial charge in [-0.2, -0.15) is 9.67 Å². The first kappa shape index (κ1) is 44.5. The highest BCUT2D eigenvalue weighted by molar-refractivity contribution is 7.97. The molecule has 1 aliphatic heterocycles. The number of amidine groups is 1. The summed E-state index contributed by atoms with van der Waals surface area (Å²) in [5.41, 5.74) is 3.23. The van der Waals surface area contributed by atoms with Crippen LogP contribution in [0, 0.1) is 23.8 Å². The fraction of sp³-hybridized carbons (Fsp3) is 0.538. The number of benzene rings is 1. The second kappa shape index (κ2) is 17.5. The summed E-state index contributed by atoms with van der Waals surface area (Å²) in [6, 6.07) is 8.15. The lowest BCUT2D eigenvalue weighted by Crippen LogP contribution is -2.63. The molecule has 6 atom stereocenters. The van der Waals surface area contributed by atoms with Crippen molar-refractivity contribution >= 4 is 45.8 Å². The average Bonchev–Trinajstić information content (AvgIpc) is 4.05. The Morgan fingerprint density at radius 2 is 1.81 bits per heavy atom. The molecular weight excluding hydrogens is 757 g/mol. The van der Waals surface area contributed by atoms with E-state index >= 15 is 0 Å². The van der Waals surface area contributed by atoms with E-state index in [2.05, 4.69) is 39.0 Å². The first-order valence-electron chi connectivity index (χ1n) is 18.6. The van der Waals surface area contributed by atoms with Gasteiger partial charge in [-0.25, -0.2) is 10.6 Å².